The quantitative estimate of drug-likeness (QED) is 0.833. The third-order valence-corrected chi connectivity index (χ3v) is 7.24. The summed E-state index contributed by atoms with van der Waals surface area (Å²) < 4.78 is 33.7. The Morgan fingerprint density at radius 3 is 2.38 bits per heavy atom. The van der Waals surface area contributed by atoms with Crippen molar-refractivity contribution in [3.63, 3.8) is 0 Å². The maximum Gasteiger partial charge on any atom is 0.243 e. The molecule has 4 nitrogen and oxygen atoms in total. The van der Waals surface area contributed by atoms with Gasteiger partial charge in [-0.25, -0.2) is 8.42 Å². The fraction of sp³-hybridized carbons (Fsp3) is 0.684. The normalized spacial score (nSPS) is 27.8. The predicted octanol–water partition coefficient (Wildman–Crippen LogP) is 3.74. The molecule has 2 fully saturated rings. The van der Waals surface area contributed by atoms with Gasteiger partial charge in [0.15, 0.2) is 0 Å². The Hall–Kier alpha value is -0.910. The van der Waals surface area contributed by atoms with Crippen molar-refractivity contribution in [2.75, 3.05) is 13.1 Å². The molecule has 0 radical (unpaired) electrons. The summed E-state index contributed by atoms with van der Waals surface area (Å²) in [5.41, 5.74) is 1.07. The Morgan fingerprint density at radius 1 is 1.04 bits per heavy atom. The predicted molar refractivity (Wildman–Crippen MR) is 95.5 cm³/mol. The lowest BCUT2D eigenvalue weighted by atomic mass is 9.84. The Labute approximate surface area is 146 Å². The second-order valence-electron chi connectivity index (χ2n) is 7.35. The Balaban J connectivity index is 1.73. The fourth-order valence-electron chi connectivity index (χ4n) is 3.99. The zero-order valence-electron chi connectivity index (χ0n) is 14.8. The van der Waals surface area contributed by atoms with E-state index in [1.807, 2.05) is 26.0 Å². The van der Waals surface area contributed by atoms with Crippen LogP contribution in [0.5, 0.6) is 0 Å². The van der Waals surface area contributed by atoms with E-state index in [1.165, 1.54) is 32.1 Å². The molecule has 0 amide bonds. The molecule has 0 spiro atoms. The number of rotatable bonds is 3. The van der Waals surface area contributed by atoms with Gasteiger partial charge in [-0.05, 0) is 51.2 Å². The first-order valence-corrected chi connectivity index (χ1v) is 10.6. The molecular weight excluding hydrogens is 322 g/mol. The van der Waals surface area contributed by atoms with Gasteiger partial charge in [0.1, 0.15) is 0 Å². The van der Waals surface area contributed by atoms with Crippen LogP contribution < -0.4 is 0 Å². The van der Waals surface area contributed by atoms with Gasteiger partial charge in [-0.3, -0.25) is 0 Å². The molecule has 0 aromatic heterocycles. The lowest BCUT2D eigenvalue weighted by Gasteiger charge is -2.30. The SMILES string of the molecule is Cc1ccc(S(=O)(=O)N2CC[C@H](C3CCCCC3)O[C@H](C)C2)cc1. The molecule has 134 valence electrons. The molecule has 2 atom stereocenters. The molecule has 5 heteroatoms. The number of benzene rings is 1. The topological polar surface area (TPSA) is 46.6 Å². The van der Waals surface area contributed by atoms with Gasteiger partial charge in [0, 0.05) is 13.1 Å². The van der Waals surface area contributed by atoms with Crippen LogP contribution in [0, 0.1) is 12.8 Å². The van der Waals surface area contributed by atoms with Gasteiger partial charge in [-0.1, -0.05) is 37.0 Å². The second kappa shape index (κ2) is 7.54. The maximum atomic E-state index is 13.0. The number of hydrogen-bond donors (Lipinski definition) is 0. The fourth-order valence-corrected chi connectivity index (χ4v) is 5.52. The summed E-state index contributed by atoms with van der Waals surface area (Å²) >= 11 is 0. The summed E-state index contributed by atoms with van der Waals surface area (Å²) in [6.07, 6.45) is 7.30. The number of ether oxygens (including phenoxy) is 1. The number of sulfonamides is 1. The van der Waals surface area contributed by atoms with Crippen LogP contribution in [0.3, 0.4) is 0 Å². The molecule has 0 N–H and O–H groups in total. The summed E-state index contributed by atoms with van der Waals surface area (Å²) in [4.78, 5) is 0.386. The second-order valence-corrected chi connectivity index (χ2v) is 9.29. The third-order valence-electron chi connectivity index (χ3n) is 5.37. The molecule has 0 bridgehead atoms. The van der Waals surface area contributed by atoms with Crippen LogP contribution in [-0.4, -0.2) is 38.0 Å². The standard InChI is InChI=1S/C19H29NO3S/c1-15-8-10-18(11-9-15)24(21,22)20-13-12-19(23-16(2)14-20)17-6-4-3-5-7-17/h8-11,16-17,19H,3-7,12-14H2,1-2H3/t16-,19-/m1/s1. The van der Waals surface area contributed by atoms with E-state index >= 15 is 0 Å². The van der Waals surface area contributed by atoms with Crippen molar-refractivity contribution in [1.29, 1.82) is 0 Å². The zero-order chi connectivity index (χ0) is 17.2. The van der Waals surface area contributed by atoms with Crippen LogP contribution in [0.2, 0.25) is 0 Å². The van der Waals surface area contributed by atoms with Crippen molar-refractivity contribution in [2.24, 2.45) is 5.92 Å². The number of hydrogen-bond acceptors (Lipinski definition) is 3. The Morgan fingerprint density at radius 2 is 1.71 bits per heavy atom. The van der Waals surface area contributed by atoms with Crippen LogP contribution in [0.15, 0.2) is 29.2 Å². The van der Waals surface area contributed by atoms with Crippen LogP contribution in [0.1, 0.15) is 51.0 Å². The molecule has 1 aliphatic heterocycles. The van der Waals surface area contributed by atoms with E-state index in [-0.39, 0.29) is 12.2 Å². The van der Waals surface area contributed by atoms with E-state index in [0.717, 1.165) is 12.0 Å². The summed E-state index contributed by atoms with van der Waals surface area (Å²) in [5.74, 6) is 0.600. The van der Waals surface area contributed by atoms with E-state index in [9.17, 15) is 8.42 Å². The highest BCUT2D eigenvalue weighted by Gasteiger charge is 2.34. The van der Waals surface area contributed by atoms with E-state index in [1.54, 1.807) is 16.4 Å². The average Bonchev–Trinajstić information content (AvgIpc) is 2.78. The lowest BCUT2D eigenvalue weighted by molar-refractivity contribution is -0.0347. The van der Waals surface area contributed by atoms with Crippen molar-refractivity contribution in [1.82, 2.24) is 4.31 Å². The molecule has 1 aromatic rings. The summed E-state index contributed by atoms with van der Waals surface area (Å²) in [7, 11) is -3.44. The van der Waals surface area contributed by atoms with Crippen LogP contribution in [0.4, 0.5) is 0 Å². The van der Waals surface area contributed by atoms with Crippen LogP contribution >= 0.6 is 0 Å². The first kappa shape index (κ1) is 17.9. The molecule has 1 saturated heterocycles. The minimum absolute atomic E-state index is 0.0559. The van der Waals surface area contributed by atoms with Crippen molar-refractivity contribution < 1.29 is 13.2 Å². The van der Waals surface area contributed by atoms with E-state index in [2.05, 4.69) is 0 Å². The van der Waals surface area contributed by atoms with Gasteiger partial charge < -0.3 is 4.74 Å². The van der Waals surface area contributed by atoms with Gasteiger partial charge in [0.25, 0.3) is 0 Å². The van der Waals surface area contributed by atoms with E-state index < -0.39 is 10.0 Å². The molecule has 0 unspecified atom stereocenters. The number of aryl methyl sites for hydroxylation is 1. The summed E-state index contributed by atoms with van der Waals surface area (Å²) in [6.45, 7) is 4.97. The van der Waals surface area contributed by atoms with Crippen molar-refractivity contribution in [3.8, 4) is 0 Å². The average molecular weight is 352 g/mol. The minimum atomic E-state index is -3.44. The van der Waals surface area contributed by atoms with Gasteiger partial charge in [-0.15, -0.1) is 0 Å². The van der Waals surface area contributed by atoms with Crippen LogP contribution in [-0.2, 0) is 14.8 Å². The molecule has 1 heterocycles. The monoisotopic (exact) mass is 351 g/mol. The molecule has 1 aliphatic carbocycles. The molecular formula is C19H29NO3S. The summed E-state index contributed by atoms with van der Waals surface area (Å²) in [5, 5.41) is 0. The molecule has 1 aromatic carbocycles. The van der Waals surface area contributed by atoms with Crippen molar-refractivity contribution in [2.45, 2.75) is 69.5 Å². The molecule has 2 aliphatic rings. The summed E-state index contributed by atoms with van der Waals surface area (Å²) in [6, 6.07) is 7.13. The first-order chi connectivity index (χ1) is 11.5. The van der Waals surface area contributed by atoms with Gasteiger partial charge in [0.05, 0.1) is 17.1 Å². The zero-order valence-corrected chi connectivity index (χ0v) is 15.6. The van der Waals surface area contributed by atoms with E-state index in [4.69, 9.17) is 4.74 Å². The highest BCUT2D eigenvalue weighted by atomic mass is 32.2. The maximum absolute atomic E-state index is 13.0. The lowest BCUT2D eigenvalue weighted by Crippen LogP contribution is -2.35. The van der Waals surface area contributed by atoms with Gasteiger partial charge >= 0.3 is 0 Å². The smallest absolute Gasteiger partial charge is 0.243 e. The minimum Gasteiger partial charge on any atom is -0.374 e. The number of nitrogens with zero attached hydrogens (tertiary/aromatic N) is 1. The van der Waals surface area contributed by atoms with Gasteiger partial charge in [-0.2, -0.15) is 4.31 Å². The Kier molecular flexibility index (Phi) is 5.63. The van der Waals surface area contributed by atoms with Crippen molar-refractivity contribution in [3.05, 3.63) is 29.8 Å². The van der Waals surface area contributed by atoms with Gasteiger partial charge in [0.2, 0.25) is 10.0 Å². The molecule has 3 rings (SSSR count). The third kappa shape index (κ3) is 4.01. The highest BCUT2D eigenvalue weighted by Crippen LogP contribution is 2.32. The first-order valence-electron chi connectivity index (χ1n) is 9.19. The largest absolute Gasteiger partial charge is 0.374 e. The Bertz CT molecular complexity index is 635. The molecule has 1 saturated carbocycles. The van der Waals surface area contributed by atoms with Crippen LogP contribution in [0.25, 0.3) is 0 Å². The van der Waals surface area contributed by atoms with E-state index in [0.29, 0.717) is 23.9 Å². The van der Waals surface area contributed by atoms with Crippen molar-refractivity contribution >= 4 is 10.0 Å². The highest BCUT2D eigenvalue weighted by molar-refractivity contribution is 7.89. The molecule has 24 heavy (non-hydrogen) atoms.